The SMILES string of the molecule is COc1cc(OC)c2c(c1)OC1(C=C2)CCN(CC(=O)O)C1. The Bertz CT molecular complexity index is 627. The van der Waals surface area contributed by atoms with Gasteiger partial charge in [0.2, 0.25) is 0 Å². The van der Waals surface area contributed by atoms with Crippen LogP contribution in [0.4, 0.5) is 0 Å². The molecule has 1 saturated heterocycles. The fourth-order valence-electron chi connectivity index (χ4n) is 3.03. The number of carbonyl (C=O) groups is 1. The second-order valence-corrected chi connectivity index (χ2v) is 5.60. The summed E-state index contributed by atoms with van der Waals surface area (Å²) in [4.78, 5) is 12.7. The molecule has 2 heterocycles. The van der Waals surface area contributed by atoms with E-state index in [9.17, 15) is 4.79 Å². The number of ether oxygens (including phenoxy) is 3. The van der Waals surface area contributed by atoms with Crippen LogP contribution in [0, 0.1) is 0 Å². The van der Waals surface area contributed by atoms with Gasteiger partial charge in [0.25, 0.3) is 0 Å². The number of hydrogen-bond acceptors (Lipinski definition) is 5. The maximum Gasteiger partial charge on any atom is 0.317 e. The molecule has 1 aromatic carbocycles. The lowest BCUT2D eigenvalue weighted by atomic mass is 9.97. The number of likely N-dealkylation sites (tertiary alicyclic amines) is 1. The number of hydrogen-bond donors (Lipinski definition) is 1. The van der Waals surface area contributed by atoms with E-state index in [-0.39, 0.29) is 6.54 Å². The molecular formula is C16H19NO5. The third-order valence-corrected chi connectivity index (χ3v) is 4.10. The smallest absolute Gasteiger partial charge is 0.317 e. The molecule has 6 nitrogen and oxygen atoms in total. The Morgan fingerprint density at radius 2 is 2.23 bits per heavy atom. The third-order valence-electron chi connectivity index (χ3n) is 4.10. The number of aliphatic carboxylic acids is 1. The topological polar surface area (TPSA) is 68.2 Å². The first-order valence-electron chi connectivity index (χ1n) is 7.14. The van der Waals surface area contributed by atoms with Crippen molar-refractivity contribution in [3.63, 3.8) is 0 Å². The molecule has 0 amide bonds. The minimum atomic E-state index is -0.819. The summed E-state index contributed by atoms with van der Waals surface area (Å²) in [6, 6.07) is 3.65. The standard InChI is InChI=1S/C16H19NO5/c1-20-11-7-13(21-2)12-3-4-16(22-14(12)8-11)5-6-17(10-16)9-15(18)19/h3-4,7-8H,5-6,9-10H2,1-2H3,(H,18,19). The highest BCUT2D eigenvalue weighted by Gasteiger charge is 2.41. The van der Waals surface area contributed by atoms with E-state index in [4.69, 9.17) is 19.3 Å². The first-order chi connectivity index (χ1) is 10.5. The molecule has 1 unspecified atom stereocenters. The Morgan fingerprint density at radius 3 is 2.91 bits per heavy atom. The largest absolute Gasteiger partial charge is 0.496 e. The van der Waals surface area contributed by atoms with Gasteiger partial charge in [-0.3, -0.25) is 9.69 Å². The Morgan fingerprint density at radius 1 is 1.41 bits per heavy atom. The van der Waals surface area contributed by atoms with Crippen LogP contribution in [0.2, 0.25) is 0 Å². The highest BCUT2D eigenvalue weighted by Crippen LogP contribution is 2.42. The summed E-state index contributed by atoms with van der Waals surface area (Å²) in [5.41, 5.74) is 0.408. The van der Waals surface area contributed by atoms with Gasteiger partial charge in [0, 0.05) is 31.6 Å². The number of benzene rings is 1. The van der Waals surface area contributed by atoms with E-state index in [1.807, 2.05) is 29.2 Å². The summed E-state index contributed by atoms with van der Waals surface area (Å²) >= 11 is 0. The van der Waals surface area contributed by atoms with Crippen molar-refractivity contribution in [1.82, 2.24) is 4.90 Å². The number of methoxy groups -OCH3 is 2. The van der Waals surface area contributed by atoms with Gasteiger partial charge in [-0.25, -0.2) is 0 Å². The van der Waals surface area contributed by atoms with Crippen molar-refractivity contribution in [3.05, 3.63) is 23.8 Å². The average Bonchev–Trinajstić information content (AvgIpc) is 2.87. The predicted octanol–water partition coefficient (Wildman–Crippen LogP) is 1.64. The van der Waals surface area contributed by atoms with E-state index in [0.717, 1.165) is 12.0 Å². The molecule has 1 N–H and O–H groups in total. The Labute approximate surface area is 128 Å². The molecule has 0 saturated carbocycles. The fourth-order valence-corrected chi connectivity index (χ4v) is 3.03. The van der Waals surface area contributed by atoms with Crippen molar-refractivity contribution in [2.45, 2.75) is 12.0 Å². The average molecular weight is 305 g/mol. The van der Waals surface area contributed by atoms with Gasteiger partial charge in [0.05, 0.1) is 26.3 Å². The lowest BCUT2D eigenvalue weighted by Gasteiger charge is -2.32. The van der Waals surface area contributed by atoms with Gasteiger partial charge in [-0.05, 0) is 12.2 Å². The van der Waals surface area contributed by atoms with Crippen LogP contribution in [0.1, 0.15) is 12.0 Å². The molecule has 6 heteroatoms. The molecule has 3 rings (SSSR count). The van der Waals surface area contributed by atoms with Crippen molar-refractivity contribution >= 4 is 12.0 Å². The van der Waals surface area contributed by atoms with Crippen LogP contribution in [0.3, 0.4) is 0 Å². The predicted molar refractivity (Wildman–Crippen MR) is 80.6 cm³/mol. The van der Waals surface area contributed by atoms with Crippen LogP contribution in [-0.4, -0.2) is 55.4 Å². The first kappa shape index (κ1) is 14.7. The summed E-state index contributed by atoms with van der Waals surface area (Å²) in [6.45, 7) is 1.30. The highest BCUT2D eigenvalue weighted by atomic mass is 16.5. The van der Waals surface area contributed by atoms with Crippen molar-refractivity contribution < 1.29 is 24.1 Å². The lowest BCUT2D eigenvalue weighted by molar-refractivity contribution is -0.138. The fraction of sp³-hybridized carbons (Fsp3) is 0.438. The van der Waals surface area contributed by atoms with Crippen LogP contribution in [0.25, 0.3) is 6.08 Å². The van der Waals surface area contributed by atoms with Crippen LogP contribution in [0.5, 0.6) is 17.2 Å². The molecule has 1 atom stereocenters. The monoisotopic (exact) mass is 305 g/mol. The zero-order valence-electron chi connectivity index (χ0n) is 12.7. The van der Waals surface area contributed by atoms with E-state index in [0.29, 0.717) is 30.3 Å². The first-order valence-corrected chi connectivity index (χ1v) is 7.14. The molecule has 118 valence electrons. The molecule has 1 fully saturated rings. The van der Waals surface area contributed by atoms with E-state index < -0.39 is 11.6 Å². The Kier molecular flexibility index (Phi) is 3.70. The van der Waals surface area contributed by atoms with Gasteiger partial charge in [0.1, 0.15) is 22.8 Å². The van der Waals surface area contributed by atoms with Crippen LogP contribution in [-0.2, 0) is 4.79 Å². The van der Waals surface area contributed by atoms with Gasteiger partial charge < -0.3 is 19.3 Å². The summed E-state index contributed by atoms with van der Waals surface area (Å²) in [7, 11) is 3.21. The van der Waals surface area contributed by atoms with Crippen LogP contribution < -0.4 is 14.2 Å². The molecule has 0 bridgehead atoms. The Hall–Kier alpha value is -2.21. The van der Waals surface area contributed by atoms with E-state index >= 15 is 0 Å². The molecule has 0 aliphatic carbocycles. The molecular weight excluding hydrogens is 286 g/mol. The van der Waals surface area contributed by atoms with E-state index in [1.54, 1.807) is 14.2 Å². The summed E-state index contributed by atoms with van der Waals surface area (Å²) in [6.07, 6.45) is 4.75. The zero-order chi connectivity index (χ0) is 15.7. The Balaban J connectivity index is 1.87. The molecule has 1 spiro atoms. The third kappa shape index (κ3) is 2.62. The van der Waals surface area contributed by atoms with Crippen molar-refractivity contribution in [1.29, 1.82) is 0 Å². The van der Waals surface area contributed by atoms with Gasteiger partial charge in [0.15, 0.2) is 0 Å². The number of fused-ring (bicyclic) bond motifs is 1. The summed E-state index contributed by atoms with van der Waals surface area (Å²) in [5, 5.41) is 8.92. The van der Waals surface area contributed by atoms with Crippen LogP contribution in [0.15, 0.2) is 18.2 Å². The normalized spacial score (nSPS) is 23.2. The van der Waals surface area contributed by atoms with Gasteiger partial charge >= 0.3 is 5.97 Å². The van der Waals surface area contributed by atoms with Crippen molar-refractivity contribution in [2.24, 2.45) is 0 Å². The molecule has 0 radical (unpaired) electrons. The van der Waals surface area contributed by atoms with Crippen molar-refractivity contribution in [2.75, 3.05) is 33.9 Å². The summed E-state index contributed by atoms with van der Waals surface area (Å²) < 4.78 is 16.9. The minimum absolute atomic E-state index is 0.0350. The quantitative estimate of drug-likeness (QED) is 0.912. The number of carboxylic acid groups (broad SMARTS) is 1. The van der Waals surface area contributed by atoms with Gasteiger partial charge in [-0.15, -0.1) is 0 Å². The lowest BCUT2D eigenvalue weighted by Crippen LogP contribution is -2.40. The second kappa shape index (κ2) is 5.53. The zero-order valence-corrected chi connectivity index (χ0v) is 12.7. The van der Waals surface area contributed by atoms with Crippen LogP contribution >= 0.6 is 0 Å². The molecule has 2 aliphatic rings. The van der Waals surface area contributed by atoms with Crippen molar-refractivity contribution in [3.8, 4) is 17.2 Å². The molecule has 22 heavy (non-hydrogen) atoms. The van der Waals surface area contributed by atoms with E-state index in [1.165, 1.54) is 0 Å². The minimum Gasteiger partial charge on any atom is -0.496 e. The number of carboxylic acids is 1. The maximum atomic E-state index is 10.9. The molecule has 1 aromatic rings. The number of nitrogens with zero attached hydrogens (tertiary/aromatic N) is 1. The number of rotatable bonds is 4. The highest BCUT2D eigenvalue weighted by molar-refractivity contribution is 5.70. The summed E-state index contributed by atoms with van der Waals surface area (Å²) in [5.74, 6) is 1.25. The van der Waals surface area contributed by atoms with E-state index in [2.05, 4.69) is 0 Å². The maximum absolute atomic E-state index is 10.9. The molecule has 0 aromatic heterocycles. The second-order valence-electron chi connectivity index (χ2n) is 5.60. The molecule has 2 aliphatic heterocycles. The van der Waals surface area contributed by atoms with Gasteiger partial charge in [-0.2, -0.15) is 0 Å². The van der Waals surface area contributed by atoms with Gasteiger partial charge in [-0.1, -0.05) is 0 Å².